The highest BCUT2D eigenvalue weighted by Crippen LogP contribution is 2.36. The van der Waals surface area contributed by atoms with Crippen molar-refractivity contribution < 1.29 is 19.1 Å². The van der Waals surface area contributed by atoms with Crippen LogP contribution >= 0.6 is 11.8 Å². The molecule has 2 heterocycles. The van der Waals surface area contributed by atoms with Gasteiger partial charge in [0.2, 0.25) is 5.91 Å². The Kier molecular flexibility index (Phi) is 6.18. The number of ether oxygens (including phenoxy) is 2. The largest absolute Gasteiger partial charge is 0.493 e. The van der Waals surface area contributed by atoms with Crippen LogP contribution in [0.4, 0.5) is 11.4 Å². The van der Waals surface area contributed by atoms with Crippen molar-refractivity contribution >= 4 is 46.0 Å². The van der Waals surface area contributed by atoms with E-state index in [0.29, 0.717) is 28.2 Å². The zero-order chi connectivity index (χ0) is 22.8. The number of hydrogen-bond acceptors (Lipinski definition) is 7. The Morgan fingerprint density at radius 3 is 2.59 bits per heavy atom. The third-order valence-electron chi connectivity index (χ3n) is 5.17. The second kappa shape index (κ2) is 9.04. The molecule has 2 amide bonds. The summed E-state index contributed by atoms with van der Waals surface area (Å²) in [5.41, 5.74) is 2.16. The lowest BCUT2D eigenvalue weighted by atomic mass is 10.0. The van der Waals surface area contributed by atoms with E-state index < -0.39 is 6.04 Å². The van der Waals surface area contributed by atoms with Gasteiger partial charge in [0.15, 0.2) is 16.7 Å². The minimum absolute atomic E-state index is 0.0420. The monoisotopic (exact) mass is 452 g/mol. The van der Waals surface area contributed by atoms with E-state index in [2.05, 4.69) is 10.3 Å². The molecule has 2 aromatic carbocycles. The number of amides is 2. The van der Waals surface area contributed by atoms with E-state index >= 15 is 0 Å². The number of hydrogen-bond donors (Lipinski definition) is 1. The molecular weight excluding hydrogens is 428 g/mol. The fourth-order valence-electron chi connectivity index (χ4n) is 3.71. The maximum Gasteiger partial charge on any atom is 0.271 e. The average Bonchev–Trinajstić information content (AvgIpc) is 3.15. The molecule has 2 aliphatic rings. The van der Waals surface area contributed by atoms with Gasteiger partial charge in [0.1, 0.15) is 11.9 Å². The first-order valence-electron chi connectivity index (χ1n) is 10.2. The van der Waals surface area contributed by atoms with Crippen LogP contribution in [0.5, 0.6) is 11.5 Å². The highest BCUT2D eigenvalue weighted by atomic mass is 32.2. The SMILES string of the molecule is COc1ccc(NC(=O)CSC2=Nc3ccccc3C3=NC(=O)C(C(C)C)N23)cc1OC. The fourth-order valence-corrected chi connectivity index (χ4v) is 4.54. The van der Waals surface area contributed by atoms with Crippen molar-refractivity contribution in [3.63, 3.8) is 0 Å². The quantitative estimate of drug-likeness (QED) is 0.719. The maximum atomic E-state index is 12.7. The van der Waals surface area contributed by atoms with Crippen molar-refractivity contribution in [1.29, 1.82) is 0 Å². The molecule has 1 atom stereocenters. The zero-order valence-corrected chi connectivity index (χ0v) is 19.1. The third-order valence-corrected chi connectivity index (χ3v) is 6.13. The molecule has 2 aromatic rings. The summed E-state index contributed by atoms with van der Waals surface area (Å²) in [6, 6.07) is 12.3. The fraction of sp³-hybridized carbons (Fsp3) is 0.304. The lowest BCUT2D eigenvalue weighted by molar-refractivity contribution is -0.120. The zero-order valence-electron chi connectivity index (χ0n) is 18.3. The van der Waals surface area contributed by atoms with Crippen LogP contribution < -0.4 is 14.8 Å². The van der Waals surface area contributed by atoms with Gasteiger partial charge in [-0.2, -0.15) is 4.99 Å². The van der Waals surface area contributed by atoms with Gasteiger partial charge in [-0.25, -0.2) is 4.99 Å². The Morgan fingerprint density at radius 2 is 1.88 bits per heavy atom. The molecule has 0 fully saturated rings. The van der Waals surface area contributed by atoms with E-state index in [1.54, 1.807) is 32.4 Å². The van der Waals surface area contributed by atoms with Crippen LogP contribution in [0.15, 0.2) is 52.4 Å². The summed E-state index contributed by atoms with van der Waals surface area (Å²) in [5.74, 6) is 1.49. The van der Waals surface area contributed by atoms with Crippen molar-refractivity contribution in [2.75, 3.05) is 25.3 Å². The number of amidine groups is 2. The molecule has 32 heavy (non-hydrogen) atoms. The minimum atomic E-state index is -0.432. The van der Waals surface area contributed by atoms with Crippen LogP contribution in [0.2, 0.25) is 0 Å². The predicted octanol–water partition coefficient (Wildman–Crippen LogP) is 3.69. The van der Waals surface area contributed by atoms with Gasteiger partial charge in [0.05, 0.1) is 25.7 Å². The number of para-hydroxylation sites is 1. The number of thioether (sulfide) groups is 1. The number of carbonyl (C=O) groups is 2. The highest BCUT2D eigenvalue weighted by molar-refractivity contribution is 8.14. The Balaban J connectivity index is 1.53. The van der Waals surface area contributed by atoms with Gasteiger partial charge in [-0.3, -0.25) is 14.5 Å². The summed E-state index contributed by atoms with van der Waals surface area (Å²) in [7, 11) is 3.10. The van der Waals surface area contributed by atoms with Crippen molar-refractivity contribution in [3.05, 3.63) is 48.0 Å². The third kappa shape index (κ3) is 4.08. The number of benzene rings is 2. The molecule has 0 saturated carbocycles. The second-order valence-electron chi connectivity index (χ2n) is 7.65. The molecular formula is C23H24N4O4S. The first kappa shape index (κ1) is 21.9. The van der Waals surface area contributed by atoms with E-state index in [4.69, 9.17) is 14.5 Å². The van der Waals surface area contributed by atoms with Crippen molar-refractivity contribution in [2.24, 2.45) is 15.9 Å². The minimum Gasteiger partial charge on any atom is -0.493 e. The number of anilines is 1. The molecule has 166 valence electrons. The number of nitrogens with zero attached hydrogens (tertiary/aromatic N) is 3. The predicted molar refractivity (Wildman–Crippen MR) is 126 cm³/mol. The average molecular weight is 453 g/mol. The molecule has 0 spiro atoms. The maximum absolute atomic E-state index is 12.7. The van der Waals surface area contributed by atoms with Gasteiger partial charge in [0, 0.05) is 17.3 Å². The molecule has 0 aliphatic carbocycles. The Hall–Kier alpha value is -3.33. The van der Waals surface area contributed by atoms with Gasteiger partial charge in [0.25, 0.3) is 5.91 Å². The summed E-state index contributed by atoms with van der Waals surface area (Å²) in [4.78, 5) is 36.2. The Morgan fingerprint density at radius 1 is 1.12 bits per heavy atom. The molecule has 0 radical (unpaired) electrons. The standard InChI is InChI=1S/C23H24N4O4S/c1-13(2)20-22(29)26-21-15-7-5-6-8-16(15)25-23(27(20)21)32-12-19(28)24-14-9-10-17(30-3)18(11-14)31-4/h5-11,13,20H,12H2,1-4H3,(H,24,28). The highest BCUT2D eigenvalue weighted by Gasteiger charge is 2.43. The number of methoxy groups -OCH3 is 2. The van der Waals surface area contributed by atoms with E-state index in [9.17, 15) is 9.59 Å². The molecule has 1 unspecified atom stereocenters. The molecule has 4 rings (SSSR count). The van der Waals surface area contributed by atoms with Gasteiger partial charge in [-0.05, 0) is 30.2 Å². The molecule has 0 saturated heterocycles. The molecule has 2 aliphatic heterocycles. The van der Waals surface area contributed by atoms with E-state index in [1.807, 2.05) is 43.0 Å². The summed E-state index contributed by atoms with van der Waals surface area (Å²) in [6.45, 7) is 3.96. The normalized spacial score (nSPS) is 16.8. The molecule has 0 aromatic heterocycles. The van der Waals surface area contributed by atoms with Crippen LogP contribution in [0.25, 0.3) is 0 Å². The van der Waals surface area contributed by atoms with Crippen LogP contribution in [0.1, 0.15) is 19.4 Å². The first-order valence-corrected chi connectivity index (χ1v) is 11.2. The lowest BCUT2D eigenvalue weighted by Gasteiger charge is -2.32. The van der Waals surface area contributed by atoms with E-state index in [0.717, 1.165) is 11.3 Å². The van der Waals surface area contributed by atoms with Crippen molar-refractivity contribution in [2.45, 2.75) is 19.9 Å². The Bertz CT molecular complexity index is 1130. The molecule has 0 bridgehead atoms. The van der Waals surface area contributed by atoms with Gasteiger partial charge < -0.3 is 14.8 Å². The first-order chi connectivity index (χ1) is 15.4. The summed E-state index contributed by atoms with van der Waals surface area (Å²) in [5, 5.41) is 3.46. The Labute approximate surface area is 190 Å². The molecule has 9 heteroatoms. The van der Waals surface area contributed by atoms with Crippen molar-refractivity contribution in [3.8, 4) is 11.5 Å². The van der Waals surface area contributed by atoms with Crippen LogP contribution in [0, 0.1) is 5.92 Å². The number of fused-ring (bicyclic) bond motifs is 3. The van der Waals surface area contributed by atoms with Crippen molar-refractivity contribution in [1.82, 2.24) is 4.90 Å². The lowest BCUT2D eigenvalue weighted by Crippen LogP contribution is -2.46. The molecule has 1 N–H and O–H groups in total. The van der Waals surface area contributed by atoms with Gasteiger partial charge >= 0.3 is 0 Å². The second-order valence-corrected chi connectivity index (χ2v) is 8.59. The van der Waals surface area contributed by atoms with Crippen LogP contribution in [-0.2, 0) is 9.59 Å². The number of carbonyl (C=O) groups excluding carboxylic acids is 2. The smallest absolute Gasteiger partial charge is 0.271 e. The topological polar surface area (TPSA) is 92.6 Å². The van der Waals surface area contributed by atoms with Crippen LogP contribution in [0.3, 0.4) is 0 Å². The number of nitrogens with one attached hydrogen (secondary N) is 1. The summed E-state index contributed by atoms with van der Waals surface area (Å²) in [6.07, 6.45) is 0. The summed E-state index contributed by atoms with van der Waals surface area (Å²) >= 11 is 1.28. The van der Waals surface area contributed by atoms with Gasteiger partial charge in [-0.15, -0.1) is 0 Å². The number of aliphatic imine (C=N–C) groups is 2. The number of rotatable bonds is 6. The van der Waals surface area contributed by atoms with Gasteiger partial charge in [-0.1, -0.05) is 37.7 Å². The summed E-state index contributed by atoms with van der Waals surface area (Å²) < 4.78 is 10.5. The van der Waals surface area contributed by atoms with E-state index in [1.165, 1.54) is 11.8 Å². The van der Waals surface area contributed by atoms with E-state index in [-0.39, 0.29) is 23.5 Å². The van der Waals surface area contributed by atoms with Crippen LogP contribution in [-0.4, -0.2) is 53.7 Å². The molecule has 8 nitrogen and oxygen atoms in total.